The van der Waals surface area contributed by atoms with E-state index in [1.807, 2.05) is 0 Å². The summed E-state index contributed by atoms with van der Waals surface area (Å²) in [6.45, 7) is 1.14. The van der Waals surface area contributed by atoms with Crippen LogP contribution in [0.3, 0.4) is 0 Å². The summed E-state index contributed by atoms with van der Waals surface area (Å²) >= 11 is 0. The number of rotatable bonds is 1. The van der Waals surface area contributed by atoms with Crippen LogP contribution in [0, 0.1) is 5.92 Å². The van der Waals surface area contributed by atoms with Crippen molar-refractivity contribution in [2.24, 2.45) is 11.7 Å². The number of hydrogen-bond acceptors (Lipinski definition) is 4. The van der Waals surface area contributed by atoms with Crippen molar-refractivity contribution < 1.29 is 9.47 Å². The van der Waals surface area contributed by atoms with Gasteiger partial charge in [0.15, 0.2) is 11.5 Å². The van der Waals surface area contributed by atoms with E-state index in [1.54, 1.807) is 7.11 Å². The predicted octanol–water partition coefficient (Wildman–Crippen LogP) is 1.69. The van der Waals surface area contributed by atoms with Crippen molar-refractivity contribution in [1.29, 1.82) is 0 Å². The lowest BCUT2D eigenvalue weighted by molar-refractivity contribution is -0.0510. The number of methoxy groups -OCH3 is 1. The summed E-state index contributed by atoms with van der Waals surface area (Å²) in [5.74, 6) is 2.55. The summed E-state index contributed by atoms with van der Waals surface area (Å²) in [6, 6.07) is 5.11. The second-order valence-corrected chi connectivity index (χ2v) is 7.56. The minimum atomic E-state index is 0.131. The number of nitrogens with zero attached hydrogens (tertiary/aromatic N) is 1. The Morgan fingerprint density at radius 2 is 2.23 bits per heavy atom. The SMILES string of the molecule is COc1ccc2c3c1O[C@H]1[C@H](N)CC[C@H]4[C@@H](C2)N(C)CC[C@@]341. The molecule has 1 aromatic carbocycles. The van der Waals surface area contributed by atoms with E-state index < -0.39 is 0 Å². The Balaban J connectivity index is 1.80. The molecule has 0 unspecified atom stereocenters. The molecule has 2 bridgehead atoms. The lowest BCUT2D eigenvalue weighted by atomic mass is 9.51. The zero-order valence-electron chi connectivity index (χ0n) is 13.3. The van der Waals surface area contributed by atoms with Gasteiger partial charge < -0.3 is 20.1 Å². The molecule has 4 heteroatoms. The van der Waals surface area contributed by atoms with Crippen LogP contribution in [-0.4, -0.2) is 43.8 Å². The van der Waals surface area contributed by atoms with E-state index in [9.17, 15) is 0 Å². The third kappa shape index (κ3) is 1.32. The van der Waals surface area contributed by atoms with Crippen LogP contribution in [0.15, 0.2) is 12.1 Å². The highest BCUT2D eigenvalue weighted by atomic mass is 16.5. The van der Waals surface area contributed by atoms with Gasteiger partial charge in [0, 0.05) is 23.1 Å². The zero-order chi connectivity index (χ0) is 15.1. The molecule has 2 heterocycles. The molecule has 1 aromatic rings. The molecule has 1 saturated heterocycles. The highest BCUT2D eigenvalue weighted by molar-refractivity contribution is 5.61. The number of likely N-dealkylation sites (tertiary alicyclic amines) is 1. The molecular formula is C18H24N2O2. The average molecular weight is 300 g/mol. The molecule has 5 rings (SSSR count). The molecular weight excluding hydrogens is 276 g/mol. The topological polar surface area (TPSA) is 47.7 Å². The Morgan fingerprint density at radius 1 is 1.36 bits per heavy atom. The molecule has 2 N–H and O–H groups in total. The second kappa shape index (κ2) is 4.18. The summed E-state index contributed by atoms with van der Waals surface area (Å²) in [5, 5.41) is 0. The van der Waals surface area contributed by atoms with Crippen molar-refractivity contribution in [2.45, 2.75) is 49.3 Å². The highest BCUT2D eigenvalue weighted by Crippen LogP contribution is 2.63. The Kier molecular flexibility index (Phi) is 2.51. The highest BCUT2D eigenvalue weighted by Gasteiger charge is 2.64. The van der Waals surface area contributed by atoms with E-state index in [2.05, 4.69) is 24.1 Å². The van der Waals surface area contributed by atoms with Gasteiger partial charge in [0.25, 0.3) is 0 Å². The van der Waals surface area contributed by atoms with Crippen molar-refractivity contribution in [1.82, 2.24) is 4.90 Å². The zero-order valence-corrected chi connectivity index (χ0v) is 13.3. The first-order valence-corrected chi connectivity index (χ1v) is 8.49. The minimum Gasteiger partial charge on any atom is -0.493 e. The average Bonchev–Trinajstić information content (AvgIpc) is 2.88. The molecule has 1 spiro atoms. The third-order valence-electron chi connectivity index (χ3n) is 6.85. The molecule has 5 atom stereocenters. The van der Waals surface area contributed by atoms with Crippen LogP contribution in [0.25, 0.3) is 0 Å². The summed E-state index contributed by atoms with van der Waals surface area (Å²) in [4.78, 5) is 2.56. The fourth-order valence-corrected chi connectivity index (χ4v) is 5.93. The van der Waals surface area contributed by atoms with E-state index in [0.29, 0.717) is 12.0 Å². The lowest BCUT2D eigenvalue weighted by Gasteiger charge is -2.58. The van der Waals surface area contributed by atoms with Gasteiger partial charge in [0.1, 0.15) is 6.10 Å². The summed E-state index contributed by atoms with van der Waals surface area (Å²) < 4.78 is 12.1. The van der Waals surface area contributed by atoms with E-state index in [-0.39, 0.29) is 17.6 Å². The molecule has 0 radical (unpaired) electrons. The molecule has 0 aromatic heterocycles. The predicted molar refractivity (Wildman–Crippen MR) is 84.5 cm³/mol. The molecule has 4 aliphatic rings. The van der Waals surface area contributed by atoms with E-state index in [0.717, 1.165) is 37.3 Å². The number of likely N-dealkylation sites (N-methyl/N-ethyl adjacent to an activating group) is 1. The Labute approximate surface area is 131 Å². The standard InChI is InChI=1S/C18H24N2O2/c1-20-8-7-18-11-4-5-12(19)17(18)22-16-14(21-2)6-3-10(15(16)18)9-13(11)20/h3,6,11-13,17H,4-5,7-9,19H2,1-2H3/t11-,12+,13+,17-,18-/m0/s1. The van der Waals surface area contributed by atoms with Gasteiger partial charge in [-0.3, -0.25) is 0 Å². The monoisotopic (exact) mass is 300 g/mol. The number of nitrogens with two attached hydrogens (primary N) is 1. The van der Waals surface area contributed by atoms with E-state index in [1.165, 1.54) is 17.5 Å². The summed E-state index contributed by atoms with van der Waals surface area (Å²) in [7, 11) is 4.02. The molecule has 1 saturated carbocycles. The molecule has 2 fully saturated rings. The minimum absolute atomic E-state index is 0.131. The number of piperidine rings is 1. The molecule has 0 amide bonds. The first-order chi connectivity index (χ1) is 10.7. The van der Waals surface area contributed by atoms with Crippen molar-refractivity contribution in [3.05, 3.63) is 23.3 Å². The van der Waals surface area contributed by atoms with Gasteiger partial charge in [0.2, 0.25) is 0 Å². The van der Waals surface area contributed by atoms with E-state index >= 15 is 0 Å². The summed E-state index contributed by atoms with van der Waals surface area (Å²) in [5.41, 5.74) is 9.55. The molecule has 118 valence electrons. The maximum Gasteiger partial charge on any atom is 0.165 e. The lowest BCUT2D eigenvalue weighted by Crippen LogP contribution is -2.67. The fourth-order valence-electron chi connectivity index (χ4n) is 5.93. The van der Waals surface area contributed by atoms with Crippen molar-refractivity contribution in [3.8, 4) is 11.5 Å². The van der Waals surface area contributed by atoms with Gasteiger partial charge in [0.05, 0.1) is 7.11 Å². The number of ether oxygens (including phenoxy) is 2. The van der Waals surface area contributed by atoms with Crippen LogP contribution >= 0.6 is 0 Å². The maximum atomic E-state index is 6.51. The smallest absolute Gasteiger partial charge is 0.165 e. The Bertz CT molecular complexity index is 646. The van der Waals surface area contributed by atoms with Gasteiger partial charge in [-0.2, -0.15) is 0 Å². The van der Waals surface area contributed by atoms with E-state index in [4.69, 9.17) is 15.2 Å². The molecule has 22 heavy (non-hydrogen) atoms. The molecule has 4 nitrogen and oxygen atoms in total. The van der Waals surface area contributed by atoms with Gasteiger partial charge in [-0.1, -0.05) is 6.07 Å². The molecule has 2 aliphatic heterocycles. The normalized spacial score (nSPS) is 41.8. The maximum absolute atomic E-state index is 6.51. The quantitative estimate of drug-likeness (QED) is 0.857. The summed E-state index contributed by atoms with van der Waals surface area (Å²) in [6.07, 6.45) is 4.74. The van der Waals surface area contributed by atoms with Crippen molar-refractivity contribution in [3.63, 3.8) is 0 Å². The number of benzene rings is 1. The van der Waals surface area contributed by atoms with Crippen molar-refractivity contribution in [2.75, 3.05) is 20.7 Å². The largest absolute Gasteiger partial charge is 0.493 e. The first kappa shape index (κ1) is 13.2. The second-order valence-electron chi connectivity index (χ2n) is 7.56. The van der Waals surface area contributed by atoms with Crippen LogP contribution in [-0.2, 0) is 11.8 Å². The first-order valence-electron chi connectivity index (χ1n) is 8.49. The third-order valence-corrected chi connectivity index (χ3v) is 6.85. The van der Waals surface area contributed by atoms with Gasteiger partial charge in [-0.25, -0.2) is 0 Å². The van der Waals surface area contributed by atoms with Crippen LogP contribution in [0.4, 0.5) is 0 Å². The van der Waals surface area contributed by atoms with Crippen molar-refractivity contribution >= 4 is 0 Å². The van der Waals surface area contributed by atoms with Crippen LogP contribution in [0.1, 0.15) is 30.4 Å². The fraction of sp³-hybridized carbons (Fsp3) is 0.667. The van der Waals surface area contributed by atoms with Crippen LogP contribution < -0.4 is 15.2 Å². The number of hydrogen-bond donors (Lipinski definition) is 1. The Morgan fingerprint density at radius 3 is 3.05 bits per heavy atom. The van der Waals surface area contributed by atoms with Crippen LogP contribution in [0.5, 0.6) is 11.5 Å². The Hall–Kier alpha value is -1.26. The van der Waals surface area contributed by atoms with Crippen LogP contribution in [0.2, 0.25) is 0 Å². The van der Waals surface area contributed by atoms with Gasteiger partial charge in [-0.05, 0) is 56.8 Å². The van der Waals surface area contributed by atoms with Gasteiger partial charge in [-0.15, -0.1) is 0 Å². The molecule has 2 aliphatic carbocycles. The van der Waals surface area contributed by atoms with Gasteiger partial charge >= 0.3 is 0 Å².